The summed E-state index contributed by atoms with van der Waals surface area (Å²) in [6.07, 6.45) is -0.00305. The molecular formula is C19H27N5O8. The number of aromatic hydroxyl groups is 1. The summed E-state index contributed by atoms with van der Waals surface area (Å²) in [5, 5.41) is 36.0. The summed E-state index contributed by atoms with van der Waals surface area (Å²) in [4.78, 5) is 58.9. The smallest absolute Gasteiger partial charge is 0.322 e. The number of nitrogens with one attached hydrogen (secondary N) is 4. The van der Waals surface area contributed by atoms with E-state index in [2.05, 4.69) is 21.3 Å². The Bertz CT molecular complexity index is 830. The molecular weight excluding hydrogens is 426 g/mol. The predicted molar refractivity (Wildman–Crippen MR) is 110 cm³/mol. The third-order valence-corrected chi connectivity index (χ3v) is 4.15. The first-order valence-electron chi connectivity index (χ1n) is 9.54. The molecule has 0 aliphatic rings. The molecule has 0 aromatic heterocycles. The first-order valence-corrected chi connectivity index (χ1v) is 9.54. The summed E-state index contributed by atoms with van der Waals surface area (Å²) in [7, 11) is 0. The Hall–Kier alpha value is -3.71. The highest BCUT2D eigenvalue weighted by Gasteiger charge is 2.23. The molecule has 0 aliphatic carbocycles. The van der Waals surface area contributed by atoms with Crippen molar-refractivity contribution < 1.29 is 39.3 Å². The molecule has 0 saturated heterocycles. The average molecular weight is 453 g/mol. The molecule has 3 atom stereocenters. The molecule has 1 aromatic carbocycles. The van der Waals surface area contributed by atoms with Gasteiger partial charge in [0.1, 0.15) is 30.4 Å². The monoisotopic (exact) mass is 453 g/mol. The summed E-state index contributed by atoms with van der Waals surface area (Å²) in [6, 6.07) is 2.45. The molecule has 1 aromatic rings. The minimum Gasteiger partial charge on any atom is -0.508 e. The Morgan fingerprint density at radius 1 is 0.938 bits per heavy atom. The number of aliphatic hydroxyl groups is 1. The molecule has 0 unspecified atom stereocenters. The number of carboxylic acids is 1. The molecule has 0 saturated carbocycles. The van der Waals surface area contributed by atoms with Crippen molar-refractivity contribution in [3.8, 4) is 5.75 Å². The van der Waals surface area contributed by atoms with Crippen LogP contribution in [0.1, 0.15) is 12.5 Å². The zero-order valence-corrected chi connectivity index (χ0v) is 17.3. The van der Waals surface area contributed by atoms with Crippen molar-refractivity contribution >= 4 is 29.6 Å². The fraction of sp³-hybridized carbons (Fsp3) is 0.421. The molecule has 1 rings (SSSR count). The van der Waals surface area contributed by atoms with Crippen LogP contribution in [-0.2, 0) is 30.4 Å². The van der Waals surface area contributed by atoms with Gasteiger partial charge in [-0.25, -0.2) is 0 Å². The molecule has 32 heavy (non-hydrogen) atoms. The highest BCUT2D eigenvalue weighted by Crippen LogP contribution is 2.11. The Morgan fingerprint density at radius 2 is 1.53 bits per heavy atom. The lowest BCUT2D eigenvalue weighted by Gasteiger charge is -2.19. The van der Waals surface area contributed by atoms with E-state index >= 15 is 0 Å². The molecule has 13 heteroatoms. The second-order valence-electron chi connectivity index (χ2n) is 6.84. The molecule has 0 spiro atoms. The van der Waals surface area contributed by atoms with E-state index in [0.717, 1.165) is 0 Å². The number of carbonyl (C=O) groups is 5. The second-order valence-corrected chi connectivity index (χ2v) is 6.84. The van der Waals surface area contributed by atoms with E-state index in [4.69, 9.17) is 15.9 Å². The van der Waals surface area contributed by atoms with Crippen LogP contribution in [0.15, 0.2) is 24.3 Å². The number of amides is 4. The van der Waals surface area contributed by atoms with Gasteiger partial charge in [-0.05, 0) is 24.6 Å². The van der Waals surface area contributed by atoms with E-state index in [1.54, 1.807) is 0 Å². The van der Waals surface area contributed by atoms with Crippen molar-refractivity contribution in [1.29, 1.82) is 0 Å². The van der Waals surface area contributed by atoms with Crippen LogP contribution >= 0.6 is 0 Å². The SMILES string of the molecule is C[C@H](NC(=O)[C@@H](N)CO)C(=O)NCC(=O)N[C@@H](Cc1ccc(O)cc1)C(=O)NCC(=O)O. The van der Waals surface area contributed by atoms with Crippen LogP contribution in [0.2, 0.25) is 0 Å². The Balaban J connectivity index is 2.68. The van der Waals surface area contributed by atoms with Gasteiger partial charge in [0.05, 0.1) is 13.2 Å². The molecule has 176 valence electrons. The average Bonchev–Trinajstić information content (AvgIpc) is 2.75. The van der Waals surface area contributed by atoms with Gasteiger partial charge in [-0.2, -0.15) is 0 Å². The van der Waals surface area contributed by atoms with Crippen molar-refractivity contribution in [3.05, 3.63) is 29.8 Å². The predicted octanol–water partition coefficient (Wildman–Crippen LogP) is -3.44. The number of carbonyl (C=O) groups excluding carboxylic acids is 4. The molecule has 9 N–H and O–H groups in total. The zero-order chi connectivity index (χ0) is 24.3. The van der Waals surface area contributed by atoms with Gasteiger partial charge in [-0.3, -0.25) is 24.0 Å². The summed E-state index contributed by atoms with van der Waals surface area (Å²) < 4.78 is 0. The quantitative estimate of drug-likeness (QED) is 0.157. The molecule has 4 amide bonds. The van der Waals surface area contributed by atoms with Crippen LogP contribution in [0.3, 0.4) is 0 Å². The van der Waals surface area contributed by atoms with Crippen LogP contribution in [0.4, 0.5) is 0 Å². The fourth-order valence-electron chi connectivity index (χ4n) is 2.40. The van der Waals surface area contributed by atoms with Crippen LogP contribution < -0.4 is 27.0 Å². The lowest BCUT2D eigenvalue weighted by atomic mass is 10.0. The van der Waals surface area contributed by atoms with Crippen molar-refractivity contribution in [2.24, 2.45) is 5.73 Å². The number of phenols is 1. The van der Waals surface area contributed by atoms with Crippen LogP contribution in [-0.4, -0.2) is 82.7 Å². The number of nitrogens with two attached hydrogens (primary N) is 1. The zero-order valence-electron chi connectivity index (χ0n) is 17.3. The van der Waals surface area contributed by atoms with Gasteiger partial charge in [0.25, 0.3) is 0 Å². The first kappa shape index (κ1) is 26.3. The first-order chi connectivity index (χ1) is 15.0. The third kappa shape index (κ3) is 9.40. The molecule has 0 radical (unpaired) electrons. The minimum absolute atomic E-state index is 0.00305. The number of aliphatic hydroxyl groups excluding tert-OH is 1. The van der Waals surface area contributed by atoms with Gasteiger partial charge >= 0.3 is 5.97 Å². The van der Waals surface area contributed by atoms with E-state index in [1.807, 2.05) is 0 Å². The van der Waals surface area contributed by atoms with Gasteiger partial charge in [-0.15, -0.1) is 0 Å². The Morgan fingerprint density at radius 3 is 2.09 bits per heavy atom. The number of hydrogen-bond donors (Lipinski definition) is 8. The maximum absolute atomic E-state index is 12.3. The lowest BCUT2D eigenvalue weighted by molar-refractivity contribution is -0.138. The normalized spacial score (nSPS) is 13.2. The topological polar surface area (TPSA) is 220 Å². The largest absolute Gasteiger partial charge is 0.508 e. The van der Waals surface area contributed by atoms with E-state index < -0.39 is 67.4 Å². The third-order valence-electron chi connectivity index (χ3n) is 4.15. The van der Waals surface area contributed by atoms with Crippen LogP contribution in [0.25, 0.3) is 0 Å². The van der Waals surface area contributed by atoms with Crippen molar-refractivity contribution in [1.82, 2.24) is 21.3 Å². The lowest BCUT2D eigenvalue weighted by Crippen LogP contribution is -2.54. The maximum Gasteiger partial charge on any atom is 0.322 e. The van der Waals surface area contributed by atoms with Gasteiger partial charge in [0.2, 0.25) is 23.6 Å². The fourth-order valence-corrected chi connectivity index (χ4v) is 2.40. The van der Waals surface area contributed by atoms with Gasteiger partial charge in [-0.1, -0.05) is 12.1 Å². The second kappa shape index (κ2) is 12.9. The van der Waals surface area contributed by atoms with Crippen molar-refractivity contribution in [3.63, 3.8) is 0 Å². The van der Waals surface area contributed by atoms with Gasteiger partial charge in [0, 0.05) is 6.42 Å². The van der Waals surface area contributed by atoms with Crippen LogP contribution in [0.5, 0.6) is 5.75 Å². The van der Waals surface area contributed by atoms with E-state index in [0.29, 0.717) is 5.56 Å². The highest BCUT2D eigenvalue weighted by molar-refractivity contribution is 5.93. The molecule has 13 nitrogen and oxygen atoms in total. The number of rotatable bonds is 12. The molecule has 0 bridgehead atoms. The standard InChI is InChI=1S/C19H27N5O8/c1-10(23-18(31)13(20)9-25)17(30)21-7-15(27)24-14(19(32)22-8-16(28)29)6-11-2-4-12(26)5-3-11/h2-5,10,13-14,25-26H,6-9,20H2,1H3,(H,21,30)(H,22,32)(H,23,31)(H,24,27)(H,28,29)/t10-,13-,14-/m0/s1. The summed E-state index contributed by atoms with van der Waals surface area (Å²) >= 11 is 0. The summed E-state index contributed by atoms with van der Waals surface area (Å²) in [6.45, 7) is -0.425. The van der Waals surface area contributed by atoms with E-state index in [9.17, 15) is 29.1 Å². The molecule has 0 heterocycles. The number of benzene rings is 1. The van der Waals surface area contributed by atoms with Crippen molar-refractivity contribution in [2.75, 3.05) is 19.7 Å². The number of hydrogen-bond acceptors (Lipinski definition) is 8. The maximum atomic E-state index is 12.3. The molecule has 0 fully saturated rings. The van der Waals surface area contributed by atoms with Gasteiger partial charge < -0.3 is 42.3 Å². The van der Waals surface area contributed by atoms with E-state index in [-0.39, 0.29) is 12.2 Å². The van der Waals surface area contributed by atoms with Crippen molar-refractivity contribution in [2.45, 2.75) is 31.5 Å². The summed E-state index contributed by atoms with van der Waals surface area (Å²) in [5.41, 5.74) is 5.92. The number of carboxylic acid groups (broad SMARTS) is 1. The number of aliphatic carboxylic acids is 1. The summed E-state index contributed by atoms with van der Waals surface area (Å²) in [5.74, 6) is -4.20. The molecule has 0 aliphatic heterocycles. The van der Waals surface area contributed by atoms with Gasteiger partial charge in [0.15, 0.2) is 0 Å². The van der Waals surface area contributed by atoms with Crippen LogP contribution in [0, 0.1) is 0 Å². The minimum atomic E-state index is -1.27. The Labute approximate surface area is 183 Å². The highest BCUT2D eigenvalue weighted by atomic mass is 16.4. The van der Waals surface area contributed by atoms with E-state index in [1.165, 1.54) is 31.2 Å². The number of phenolic OH excluding ortho intramolecular Hbond substituents is 1. The Kier molecular flexibility index (Phi) is 10.6.